The molecule has 6 nitrogen and oxygen atoms in total. The van der Waals surface area contributed by atoms with Crippen molar-refractivity contribution in [3.8, 4) is 0 Å². The summed E-state index contributed by atoms with van der Waals surface area (Å²) in [5.41, 5.74) is 2.79. The highest BCUT2D eigenvalue weighted by atomic mass is 32.2. The Balaban J connectivity index is 1.70. The number of ether oxygens (including phenoxy) is 2. The number of aliphatic hydroxyl groups is 1. The molecule has 170 valence electrons. The Morgan fingerprint density at radius 1 is 0.750 bits per heavy atom. The van der Waals surface area contributed by atoms with Crippen molar-refractivity contribution in [3.63, 3.8) is 0 Å². The largest absolute Gasteiger partial charge is 0.394 e. The molecule has 0 aliphatic rings. The summed E-state index contributed by atoms with van der Waals surface area (Å²) in [5.74, 6) is 0. The third-order valence-electron chi connectivity index (χ3n) is 4.91. The number of rotatable bonds is 12. The van der Waals surface area contributed by atoms with Crippen LogP contribution in [0.4, 0.5) is 0 Å². The number of benzene rings is 3. The van der Waals surface area contributed by atoms with Gasteiger partial charge in [0.25, 0.3) is 10.1 Å². The van der Waals surface area contributed by atoms with E-state index in [2.05, 4.69) is 0 Å². The third kappa shape index (κ3) is 7.25. The summed E-state index contributed by atoms with van der Waals surface area (Å²) in [6.45, 7) is 1.72. The first-order valence-corrected chi connectivity index (χ1v) is 11.8. The van der Waals surface area contributed by atoms with Crippen LogP contribution in [-0.2, 0) is 37.0 Å². The average molecular weight is 457 g/mol. The topological polar surface area (TPSA) is 82.1 Å². The zero-order valence-electron chi connectivity index (χ0n) is 18.0. The molecule has 1 N–H and O–H groups in total. The van der Waals surface area contributed by atoms with Gasteiger partial charge in [-0.15, -0.1) is 0 Å². The number of hydrogen-bond acceptors (Lipinski definition) is 6. The van der Waals surface area contributed by atoms with Gasteiger partial charge in [-0.1, -0.05) is 78.4 Å². The van der Waals surface area contributed by atoms with Crippen LogP contribution >= 0.6 is 0 Å². The van der Waals surface area contributed by atoms with Gasteiger partial charge in [0.05, 0.1) is 31.3 Å². The van der Waals surface area contributed by atoms with E-state index >= 15 is 0 Å². The van der Waals surface area contributed by atoms with E-state index in [1.807, 2.05) is 67.6 Å². The summed E-state index contributed by atoms with van der Waals surface area (Å²) < 4.78 is 42.4. The van der Waals surface area contributed by atoms with Crippen LogP contribution < -0.4 is 0 Å². The van der Waals surface area contributed by atoms with Gasteiger partial charge in [-0.05, 0) is 30.2 Å². The minimum absolute atomic E-state index is 0.0654. The molecule has 0 fully saturated rings. The lowest BCUT2D eigenvalue weighted by molar-refractivity contribution is -0.115. The van der Waals surface area contributed by atoms with E-state index in [1.165, 1.54) is 12.1 Å². The molecular formula is C25H28O6S. The molecule has 7 heteroatoms. The molecule has 0 spiro atoms. The van der Waals surface area contributed by atoms with Crippen molar-refractivity contribution in [1.82, 2.24) is 0 Å². The predicted molar refractivity (Wildman–Crippen MR) is 121 cm³/mol. The van der Waals surface area contributed by atoms with Crippen molar-refractivity contribution in [1.29, 1.82) is 0 Å². The highest BCUT2D eigenvalue weighted by Crippen LogP contribution is 2.17. The fraction of sp³-hybridized carbons (Fsp3) is 0.280. The molecular weight excluding hydrogens is 428 g/mol. The van der Waals surface area contributed by atoms with Crippen LogP contribution in [0.2, 0.25) is 0 Å². The molecule has 0 bridgehead atoms. The minimum Gasteiger partial charge on any atom is -0.394 e. The molecule has 0 amide bonds. The van der Waals surface area contributed by atoms with Crippen molar-refractivity contribution in [3.05, 3.63) is 102 Å². The van der Waals surface area contributed by atoms with Gasteiger partial charge in [0.1, 0.15) is 12.2 Å². The zero-order valence-corrected chi connectivity index (χ0v) is 18.8. The number of aliphatic hydroxyl groups excluding tert-OH is 1. The quantitative estimate of drug-likeness (QED) is 0.417. The van der Waals surface area contributed by atoms with E-state index in [-0.39, 0.29) is 31.3 Å². The van der Waals surface area contributed by atoms with Crippen LogP contribution in [-0.4, -0.2) is 38.9 Å². The first kappa shape index (κ1) is 24.1. The first-order chi connectivity index (χ1) is 15.5. The number of aryl methyl sites for hydroxylation is 1. The average Bonchev–Trinajstić information content (AvgIpc) is 2.82. The SMILES string of the molecule is Cc1ccc(S(=O)(=O)OC[C@H](OCc2ccccc2)[C@H](CO)OCc2ccccc2)cc1. The molecule has 0 unspecified atom stereocenters. The molecule has 0 aromatic heterocycles. The van der Waals surface area contributed by atoms with E-state index in [0.717, 1.165) is 16.7 Å². The second-order valence-electron chi connectivity index (χ2n) is 7.40. The van der Waals surface area contributed by atoms with Crippen LogP contribution in [0, 0.1) is 6.92 Å². The number of hydrogen-bond donors (Lipinski definition) is 1. The van der Waals surface area contributed by atoms with E-state index in [9.17, 15) is 13.5 Å². The highest BCUT2D eigenvalue weighted by Gasteiger charge is 2.26. The summed E-state index contributed by atoms with van der Waals surface area (Å²) in [6, 6.07) is 25.4. The van der Waals surface area contributed by atoms with Gasteiger partial charge in [0.15, 0.2) is 0 Å². The van der Waals surface area contributed by atoms with E-state index in [4.69, 9.17) is 13.7 Å². The van der Waals surface area contributed by atoms with Gasteiger partial charge in [-0.3, -0.25) is 4.18 Å². The fourth-order valence-corrected chi connectivity index (χ4v) is 3.94. The molecule has 0 saturated carbocycles. The van der Waals surface area contributed by atoms with Gasteiger partial charge in [-0.2, -0.15) is 8.42 Å². The lowest BCUT2D eigenvalue weighted by Crippen LogP contribution is -2.38. The smallest absolute Gasteiger partial charge is 0.297 e. The third-order valence-corrected chi connectivity index (χ3v) is 6.20. The Kier molecular flexibility index (Phi) is 8.96. The van der Waals surface area contributed by atoms with E-state index < -0.39 is 22.3 Å². The zero-order chi connectivity index (χ0) is 22.8. The second kappa shape index (κ2) is 11.9. The Hall–Kier alpha value is -2.55. The van der Waals surface area contributed by atoms with Gasteiger partial charge >= 0.3 is 0 Å². The summed E-state index contributed by atoms with van der Waals surface area (Å²) in [5, 5.41) is 9.94. The highest BCUT2D eigenvalue weighted by molar-refractivity contribution is 7.86. The van der Waals surface area contributed by atoms with Crippen LogP contribution in [0.5, 0.6) is 0 Å². The molecule has 2 atom stereocenters. The predicted octanol–water partition coefficient (Wildman–Crippen LogP) is 3.86. The molecule has 0 radical (unpaired) electrons. The van der Waals surface area contributed by atoms with Crippen LogP contribution in [0.3, 0.4) is 0 Å². The summed E-state index contributed by atoms with van der Waals surface area (Å²) in [6.07, 6.45) is -1.57. The molecule has 0 heterocycles. The first-order valence-electron chi connectivity index (χ1n) is 10.4. The molecule has 3 aromatic carbocycles. The molecule has 3 rings (SSSR count). The monoisotopic (exact) mass is 456 g/mol. The van der Waals surface area contributed by atoms with Gasteiger partial charge in [-0.25, -0.2) is 0 Å². The Bertz CT molecular complexity index is 1040. The maximum atomic E-state index is 12.6. The van der Waals surface area contributed by atoms with E-state index in [1.54, 1.807) is 12.1 Å². The lowest BCUT2D eigenvalue weighted by Gasteiger charge is -2.26. The summed E-state index contributed by atoms with van der Waals surface area (Å²) in [7, 11) is -3.98. The van der Waals surface area contributed by atoms with Gasteiger partial charge in [0.2, 0.25) is 0 Å². The Morgan fingerprint density at radius 3 is 1.75 bits per heavy atom. The van der Waals surface area contributed by atoms with Crippen molar-refractivity contribution in [2.24, 2.45) is 0 Å². The van der Waals surface area contributed by atoms with Gasteiger partial charge < -0.3 is 14.6 Å². The van der Waals surface area contributed by atoms with Crippen molar-refractivity contribution in [2.75, 3.05) is 13.2 Å². The van der Waals surface area contributed by atoms with Crippen molar-refractivity contribution >= 4 is 10.1 Å². The molecule has 3 aromatic rings. The maximum absolute atomic E-state index is 12.6. The second-order valence-corrected chi connectivity index (χ2v) is 9.02. The standard InChI is InChI=1S/C25H28O6S/c1-20-12-14-23(15-13-20)32(27,28)31-19-25(30-18-22-10-6-3-7-11-22)24(16-26)29-17-21-8-4-2-5-9-21/h2-15,24-26H,16-19H2,1H3/t24-,25-/m0/s1. The van der Waals surface area contributed by atoms with Crippen molar-refractivity contribution in [2.45, 2.75) is 37.2 Å². The summed E-state index contributed by atoms with van der Waals surface area (Å²) >= 11 is 0. The van der Waals surface area contributed by atoms with Gasteiger partial charge in [0, 0.05) is 0 Å². The normalized spacial score (nSPS) is 13.6. The van der Waals surface area contributed by atoms with Crippen LogP contribution in [0.25, 0.3) is 0 Å². The molecule has 0 saturated heterocycles. The summed E-state index contributed by atoms with van der Waals surface area (Å²) in [4.78, 5) is 0.0654. The van der Waals surface area contributed by atoms with Crippen LogP contribution in [0.1, 0.15) is 16.7 Å². The Labute approximate surface area is 189 Å². The molecule has 0 aliphatic heterocycles. The van der Waals surface area contributed by atoms with Crippen molar-refractivity contribution < 1.29 is 27.2 Å². The van der Waals surface area contributed by atoms with Crippen LogP contribution in [0.15, 0.2) is 89.8 Å². The minimum atomic E-state index is -3.98. The molecule has 32 heavy (non-hydrogen) atoms. The fourth-order valence-electron chi connectivity index (χ4n) is 3.02. The maximum Gasteiger partial charge on any atom is 0.297 e. The molecule has 0 aliphatic carbocycles. The Morgan fingerprint density at radius 2 is 1.25 bits per heavy atom. The van der Waals surface area contributed by atoms with E-state index in [0.29, 0.717) is 0 Å². The lowest BCUT2D eigenvalue weighted by atomic mass is 10.2.